The first-order valence-electron chi connectivity index (χ1n) is 5.99. The predicted molar refractivity (Wildman–Crippen MR) is 66.2 cm³/mol. The Morgan fingerprint density at radius 1 is 1.35 bits per heavy atom. The maximum absolute atomic E-state index is 12.7. The van der Waals surface area contributed by atoms with Crippen LogP contribution in [0.5, 0.6) is 0 Å². The van der Waals surface area contributed by atoms with E-state index in [-0.39, 0.29) is 30.1 Å². The smallest absolute Gasteiger partial charge is 0.384 e. The van der Waals surface area contributed by atoms with Crippen molar-refractivity contribution in [1.82, 2.24) is 9.29 Å². The van der Waals surface area contributed by atoms with Gasteiger partial charge >= 0.3 is 6.18 Å². The second-order valence-corrected chi connectivity index (χ2v) is 6.60. The summed E-state index contributed by atoms with van der Waals surface area (Å²) in [4.78, 5) is 3.51. The number of hydrogen-bond donors (Lipinski definition) is 1. The fourth-order valence-corrected chi connectivity index (χ4v) is 3.59. The zero-order chi connectivity index (χ0) is 15.0. The second-order valence-electron chi connectivity index (χ2n) is 4.66. The van der Waals surface area contributed by atoms with Gasteiger partial charge in [-0.15, -0.1) is 0 Å². The molecule has 1 fully saturated rings. The van der Waals surface area contributed by atoms with Gasteiger partial charge in [0.25, 0.3) is 0 Å². The first-order chi connectivity index (χ1) is 9.21. The molecule has 2 heterocycles. The highest BCUT2D eigenvalue weighted by molar-refractivity contribution is 7.89. The standard InChI is InChI=1S/C11H14F3N3O2S/c12-11(13,14)8-2-1-5-17(7-8)20(18,19)9-3-4-10(15)16-6-9/h3-4,6,8H,1-2,5,7H2,(H2,15,16). The van der Waals surface area contributed by atoms with Crippen LogP contribution >= 0.6 is 0 Å². The van der Waals surface area contributed by atoms with Crippen LogP contribution in [-0.2, 0) is 10.0 Å². The van der Waals surface area contributed by atoms with Crippen molar-refractivity contribution >= 4 is 15.8 Å². The first kappa shape index (κ1) is 15.0. The molecule has 1 atom stereocenters. The Labute approximate surface area is 114 Å². The van der Waals surface area contributed by atoms with Crippen LogP contribution in [0.1, 0.15) is 12.8 Å². The molecule has 1 aromatic heterocycles. The van der Waals surface area contributed by atoms with Gasteiger partial charge in [0.2, 0.25) is 10.0 Å². The van der Waals surface area contributed by atoms with Gasteiger partial charge in [0, 0.05) is 19.3 Å². The zero-order valence-electron chi connectivity index (χ0n) is 10.5. The van der Waals surface area contributed by atoms with Crippen molar-refractivity contribution in [1.29, 1.82) is 0 Å². The number of rotatable bonds is 2. The molecule has 1 aliphatic heterocycles. The topological polar surface area (TPSA) is 76.3 Å². The van der Waals surface area contributed by atoms with Crippen LogP contribution in [-0.4, -0.2) is 37.0 Å². The van der Waals surface area contributed by atoms with Gasteiger partial charge in [-0.2, -0.15) is 17.5 Å². The fraction of sp³-hybridized carbons (Fsp3) is 0.545. The van der Waals surface area contributed by atoms with Crippen LogP contribution in [0.4, 0.5) is 19.0 Å². The summed E-state index contributed by atoms with van der Waals surface area (Å²) in [6.45, 7) is -0.463. The van der Waals surface area contributed by atoms with Crippen molar-refractivity contribution in [3.8, 4) is 0 Å². The summed E-state index contributed by atoms with van der Waals surface area (Å²) in [5.41, 5.74) is 5.36. The van der Waals surface area contributed by atoms with Gasteiger partial charge in [0.1, 0.15) is 10.7 Å². The zero-order valence-corrected chi connectivity index (χ0v) is 11.3. The molecule has 1 aromatic rings. The number of nitrogens with zero attached hydrogens (tertiary/aromatic N) is 2. The number of nitrogens with two attached hydrogens (primary N) is 1. The van der Waals surface area contributed by atoms with Crippen LogP contribution in [0.3, 0.4) is 0 Å². The molecule has 1 saturated heterocycles. The molecular formula is C11H14F3N3O2S. The van der Waals surface area contributed by atoms with E-state index in [0.717, 1.165) is 10.5 Å². The number of nitrogen functional groups attached to an aromatic ring is 1. The number of anilines is 1. The van der Waals surface area contributed by atoms with Crippen molar-refractivity contribution in [3.63, 3.8) is 0 Å². The third kappa shape index (κ3) is 3.04. The lowest BCUT2D eigenvalue weighted by molar-refractivity contribution is -0.182. The van der Waals surface area contributed by atoms with E-state index in [0.29, 0.717) is 0 Å². The Morgan fingerprint density at radius 2 is 2.05 bits per heavy atom. The van der Waals surface area contributed by atoms with Crippen LogP contribution in [0.15, 0.2) is 23.2 Å². The lowest BCUT2D eigenvalue weighted by Crippen LogP contribution is -2.44. The molecule has 9 heteroatoms. The molecule has 2 rings (SSSR count). The third-order valence-electron chi connectivity index (χ3n) is 3.24. The summed E-state index contributed by atoms with van der Waals surface area (Å²) in [5.74, 6) is -1.47. The number of alkyl halides is 3. The maximum atomic E-state index is 12.7. The molecule has 1 aliphatic rings. The molecule has 1 unspecified atom stereocenters. The van der Waals surface area contributed by atoms with E-state index >= 15 is 0 Å². The summed E-state index contributed by atoms with van der Waals surface area (Å²) in [6, 6.07) is 2.55. The molecule has 5 nitrogen and oxygen atoms in total. The fourth-order valence-electron chi connectivity index (χ4n) is 2.12. The van der Waals surface area contributed by atoms with E-state index in [1.807, 2.05) is 0 Å². The van der Waals surface area contributed by atoms with E-state index in [1.165, 1.54) is 12.1 Å². The van der Waals surface area contributed by atoms with Crippen molar-refractivity contribution in [2.24, 2.45) is 5.92 Å². The Balaban J connectivity index is 2.23. The number of aromatic nitrogens is 1. The number of piperidine rings is 1. The molecule has 112 valence electrons. The highest BCUT2D eigenvalue weighted by atomic mass is 32.2. The van der Waals surface area contributed by atoms with Gasteiger partial charge in [0.05, 0.1) is 5.92 Å². The summed E-state index contributed by atoms with van der Waals surface area (Å²) in [6.07, 6.45) is -3.18. The Kier molecular flexibility index (Phi) is 3.92. The largest absolute Gasteiger partial charge is 0.393 e. The molecule has 20 heavy (non-hydrogen) atoms. The summed E-state index contributed by atoms with van der Waals surface area (Å²) < 4.78 is 63.5. The molecule has 2 N–H and O–H groups in total. The molecular weight excluding hydrogens is 295 g/mol. The molecule has 0 saturated carbocycles. The lowest BCUT2D eigenvalue weighted by atomic mass is 9.99. The van der Waals surface area contributed by atoms with E-state index in [4.69, 9.17) is 5.73 Å². The van der Waals surface area contributed by atoms with E-state index in [1.54, 1.807) is 0 Å². The quantitative estimate of drug-likeness (QED) is 0.901. The number of hydrogen-bond acceptors (Lipinski definition) is 4. The average Bonchev–Trinajstić information content (AvgIpc) is 2.38. The van der Waals surface area contributed by atoms with Crippen molar-refractivity contribution in [2.45, 2.75) is 23.9 Å². The predicted octanol–water partition coefficient (Wildman–Crippen LogP) is 1.63. The maximum Gasteiger partial charge on any atom is 0.393 e. The summed E-state index contributed by atoms with van der Waals surface area (Å²) >= 11 is 0. The summed E-state index contributed by atoms with van der Waals surface area (Å²) in [5, 5.41) is 0. The Morgan fingerprint density at radius 3 is 2.60 bits per heavy atom. The monoisotopic (exact) mass is 309 g/mol. The van der Waals surface area contributed by atoms with Crippen molar-refractivity contribution in [3.05, 3.63) is 18.3 Å². The van der Waals surface area contributed by atoms with Gasteiger partial charge in [-0.3, -0.25) is 0 Å². The average molecular weight is 309 g/mol. The molecule has 0 amide bonds. The van der Waals surface area contributed by atoms with Crippen molar-refractivity contribution in [2.75, 3.05) is 18.8 Å². The molecule has 0 aliphatic carbocycles. The lowest BCUT2D eigenvalue weighted by Gasteiger charge is -2.32. The normalized spacial score (nSPS) is 21.9. The SMILES string of the molecule is Nc1ccc(S(=O)(=O)N2CCCC(C(F)(F)F)C2)cn1. The molecule has 0 bridgehead atoms. The van der Waals surface area contributed by atoms with Crippen LogP contribution in [0.2, 0.25) is 0 Å². The molecule has 0 radical (unpaired) electrons. The van der Waals surface area contributed by atoms with Gasteiger partial charge < -0.3 is 5.73 Å². The van der Waals surface area contributed by atoms with E-state index in [9.17, 15) is 21.6 Å². The van der Waals surface area contributed by atoms with E-state index in [2.05, 4.69) is 4.98 Å². The van der Waals surface area contributed by atoms with Crippen LogP contribution in [0, 0.1) is 5.92 Å². The van der Waals surface area contributed by atoms with Gasteiger partial charge in [-0.25, -0.2) is 13.4 Å². The molecule has 0 spiro atoms. The van der Waals surface area contributed by atoms with Crippen LogP contribution in [0.25, 0.3) is 0 Å². The number of halogens is 3. The first-order valence-corrected chi connectivity index (χ1v) is 7.43. The highest BCUT2D eigenvalue weighted by Crippen LogP contribution is 2.34. The van der Waals surface area contributed by atoms with E-state index < -0.39 is 28.7 Å². The number of sulfonamides is 1. The van der Waals surface area contributed by atoms with Crippen molar-refractivity contribution < 1.29 is 21.6 Å². The summed E-state index contributed by atoms with van der Waals surface area (Å²) in [7, 11) is -3.96. The minimum absolute atomic E-state index is 0.0461. The number of pyridine rings is 1. The van der Waals surface area contributed by atoms with Crippen LogP contribution < -0.4 is 5.73 Å². The van der Waals surface area contributed by atoms with Gasteiger partial charge in [-0.05, 0) is 25.0 Å². The second kappa shape index (κ2) is 5.21. The Hall–Kier alpha value is -1.35. The minimum atomic E-state index is -4.38. The Bertz CT molecular complexity index is 572. The van der Waals surface area contributed by atoms with Gasteiger partial charge in [-0.1, -0.05) is 0 Å². The molecule has 0 aromatic carbocycles. The minimum Gasteiger partial charge on any atom is -0.384 e. The highest BCUT2D eigenvalue weighted by Gasteiger charge is 2.44. The third-order valence-corrected chi connectivity index (χ3v) is 5.09. The van der Waals surface area contributed by atoms with Gasteiger partial charge in [0.15, 0.2) is 0 Å².